The third kappa shape index (κ3) is 2.79. The van der Waals surface area contributed by atoms with Gasteiger partial charge in [-0.15, -0.1) is 0 Å². The molecule has 2 atom stereocenters. The second-order valence-electron chi connectivity index (χ2n) is 7.05. The molecular formula is C19H28N2O3. The van der Waals surface area contributed by atoms with Crippen LogP contribution in [0, 0.1) is 10.6 Å². The number of hydrogen-bond donors (Lipinski definition) is 0. The largest absolute Gasteiger partial charge is 0.618 e. The van der Waals surface area contributed by atoms with Crippen LogP contribution in [0.2, 0.25) is 0 Å². The summed E-state index contributed by atoms with van der Waals surface area (Å²) in [5, 5.41) is 12.0. The summed E-state index contributed by atoms with van der Waals surface area (Å²) in [6.07, 6.45) is 8.12. The third-order valence-corrected chi connectivity index (χ3v) is 5.79. The van der Waals surface area contributed by atoms with Crippen LogP contribution < -0.4 is 4.73 Å². The molecule has 1 aromatic rings. The van der Waals surface area contributed by atoms with Crippen molar-refractivity contribution in [2.45, 2.75) is 64.5 Å². The SMILES string of the molecule is CCCN(C(=O)c1cccc[n+]1[O-])[C@@H]1C[C@H](OCC)C12CCCC2. The second kappa shape index (κ2) is 7.09. The van der Waals surface area contributed by atoms with Crippen LogP contribution in [0.15, 0.2) is 24.4 Å². The summed E-state index contributed by atoms with van der Waals surface area (Å²) in [5.74, 6) is -0.140. The van der Waals surface area contributed by atoms with E-state index in [0.717, 1.165) is 32.3 Å². The van der Waals surface area contributed by atoms with Gasteiger partial charge in [-0.3, -0.25) is 4.79 Å². The van der Waals surface area contributed by atoms with E-state index in [2.05, 4.69) is 6.92 Å². The maximum atomic E-state index is 13.1. The normalized spacial score (nSPS) is 24.8. The van der Waals surface area contributed by atoms with Crippen molar-refractivity contribution in [2.24, 2.45) is 5.41 Å². The molecule has 0 bridgehead atoms. The monoisotopic (exact) mass is 332 g/mol. The van der Waals surface area contributed by atoms with E-state index < -0.39 is 0 Å². The molecule has 2 fully saturated rings. The smallest absolute Gasteiger partial charge is 0.320 e. The molecule has 2 aliphatic carbocycles. The van der Waals surface area contributed by atoms with Crippen molar-refractivity contribution in [1.29, 1.82) is 0 Å². The van der Waals surface area contributed by atoms with Gasteiger partial charge in [-0.05, 0) is 38.7 Å². The van der Waals surface area contributed by atoms with Crippen molar-refractivity contribution in [2.75, 3.05) is 13.2 Å². The molecule has 0 aromatic carbocycles. The van der Waals surface area contributed by atoms with E-state index in [-0.39, 0.29) is 29.2 Å². The van der Waals surface area contributed by atoms with Crippen LogP contribution in [-0.2, 0) is 4.74 Å². The van der Waals surface area contributed by atoms with Crippen LogP contribution in [0.25, 0.3) is 0 Å². The fourth-order valence-corrected chi connectivity index (χ4v) is 4.67. The first-order valence-electron chi connectivity index (χ1n) is 9.24. The van der Waals surface area contributed by atoms with Gasteiger partial charge in [0.25, 0.3) is 5.69 Å². The molecule has 3 rings (SSSR count). The zero-order valence-corrected chi connectivity index (χ0v) is 14.7. The molecule has 1 spiro atoms. The van der Waals surface area contributed by atoms with E-state index in [1.807, 2.05) is 11.8 Å². The molecule has 1 aromatic heterocycles. The first-order valence-corrected chi connectivity index (χ1v) is 9.24. The first-order chi connectivity index (χ1) is 11.6. The Bertz CT molecular complexity index is 584. The van der Waals surface area contributed by atoms with Gasteiger partial charge in [0.2, 0.25) is 0 Å². The van der Waals surface area contributed by atoms with Crippen molar-refractivity contribution >= 4 is 5.91 Å². The summed E-state index contributed by atoms with van der Waals surface area (Å²) in [4.78, 5) is 15.0. The van der Waals surface area contributed by atoms with Gasteiger partial charge in [0, 0.05) is 36.7 Å². The van der Waals surface area contributed by atoms with Gasteiger partial charge in [0.15, 0.2) is 6.20 Å². The van der Waals surface area contributed by atoms with Crippen LogP contribution in [0.4, 0.5) is 0 Å². The highest BCUT2D eigenvalue weighted by molar-refractivity contribution is 5.91. The van der Waals surface area contributed by atoms with Crippen molar-refractivity contribution in [3.63, 3.8) is 0 Å². The Hall–Kier alpha value is -1.62. The molecule has 0 radical (unpaired) electrons. The quantitative estimate of drug-likeness (QED) is 0.594. The number of ether oxygens (including phenoxy) is 1. The van der Waals surface area contributed by atoms with Crippen LogP contribution in [0.5, 0.6) is 0 Å². The number of aromatic nitrogens is 1. The highest BCUT2D eigenvalue weighted by atomic mass is 16.5. The summed E-state index contributed by atoms with van der Waals surface area (Å²) in [5.41, 5.74) is 0.322. The van der Waals surface area contributed by atoms with Gasteiger partial charge in [0.05, 0.1) is 6.10 Å². The summed E-state index contributed by atoms with van der Waals surface area (Å²) in [6.45, 7) is 5.53. The van der Waals surface area contributed by atoms with E-state index in [4.69, 9.17) is 4.74 Å². The lowest BCUT2D eigenvalue weighted by Gasteiger charge is -2.57. The molecule has 2 saturated carbocycles. The van der Waals surface area contributed by atoms with E-state index in [0.29, 0.717) is 11.3 Å². The molecule has 5 heteroatoms. The maximum absolute atomic E-state index is 13.1. The topological polar surface area (TPSA) is 56.5 Å². The van der Waals surface area contributed by atoms with Crippen LogP contribution in [-0.4, -0.2) is 36.1 Å². The van der Waals surface area contributed by atoms with Crippen molar-refractivity contribution in [3.05, 3.63) is 35.3 Å². The van der Waals surface area contributed by atoms with Gasteiger partial charge in [-0.2, -0.15) is 4.73 Å². The summed E-state index contributed by atoms with van der Waals surface area (Å²) < 4.78 is 6.66. The van der Waals surface area contributed by atoms with Gasteiger partial charge < -0.3 is 14.8 Å². The molecule has 0 N–H and O–H groups in total. The van der Waals surface area contributed by atoms with Crippen molar-refractivity contribution in [3.8, 4) is 0 Å². The van der Waals surface area contributed by atoms with Crippen LogP contribution >= 0.6 is 0 Å². The standard InChI is InChI=1S/C19H28N2O3/c1-3-12-20(18(22)15-9-5-8-13-21(15)23)16-14-17(24-4-2)19(16)10-6-7-11-19/h5,8-9,13,16-17H,3-4,6-7,10-12,14H2,1-2H3/t16-,17+/m1/s1. The Kier molecular flexibility index (Phi) is 5.09. The predicted octanol–water partition coefficient (Wildman–Crippen LogP) is 2.91. The molecule has 2 aliphatic rings. The highest BCUT2D eigenvalue weighted by Gasteiger charge is 2.59. The minimum atomic E-state index is -0.140. The predicted molar refractivity (Wildman–Crippen MR) is 91.4 cm³/mol. The number of carbonyl (C=O) groups excluding carboxylic acids is 1. The number of nitrogens with zero attached hydrogens (tertiary/aromatic N) is 2. The Labute approximate surface area is 144 Å². The maximum Gasteiger partial charge on any atom is 0.320 e. The molecule has 0 saturated heterocycles. The molecule has 0 aliphatic heterocycles. The van der Waals surface area contributed by atoms with Crippen molar-refractivity contribution < 1.29 is 14.3 Å². The Balaban J connectivity index is 1.86. The average Bonchev–Trinajstić information content (AvgIpc) is 3.09. The molecular weight excluding hydrogens is 304 g/mol. The molecule has 5 nitrogen and oxygen atoms in total. The van der Waals surface area contributed by atoms with Gasteiger partial charge in [-0.1, -0.05) is 19.8 Å². The zero-order chi connectivity index (χ0) is 17.2. The lowest BCUT2D eigenvalue weighted by atomic mass is 9.59. The number of pyridine rings is 1. The Morgan fingerprint density at radius 2 is 2.12 bits per heavy atom. The molecule has 24 heavy (non-hydrogen) atoms. The minimum Gasteiger partial charge on any atom is -0.618 e. The van der Waals surface area contributed by atoms with Crippen LogP contribution in [0.1, 0.15) is 62.9 Å². The van der Waals surface area contributed by atoms with E-state index >= 15 is 0 Å². The highest BCUT2D eigenvalue weighted by Crippen LogP contribution is 2.56. The van der Waals surface area contributed by atoms with Gasteiger partial charge >= 0.3 is 5.91 Å². The molecule has 0 unspecified atom stereocenters. The number of amides is 1. The third-order valence-electron chi connectivity index (χ3n) is 5.79. The lowest BCUT2D eigenvalue weighted by molar-refractivity contribution is -0.608. The average molecular weight is 332 g/mol. The molecule has 1 amide bonds. The van der Waals surface area contributed by atoms with Crippen LogP contribution in [0.3, 0.4) is 0 Å². The minimum absolute atomic E-state index is 0.101. The summed E-state index contributed by atoms with van der Waals surface area (Å²) in [7, 11) is 0. The number of carbonyl (C=O) groups is 1. The first kappa shape index (κ1) is 17.2. The Morgan fingerprint density at radius 3 is 2.75 bits per heavy atom. The zero-order valence-electron chi connectivity index (χ0n) is 14.7. The second-order valence-corrected chi connectivity index (χ2v) is 7.05. The molecule has 132 valence electrons. The summed E-state index contributed by atoms with van der Waals surface area (Å²) >= 11 is 0. The van der Waals surface area contributed by atoms with Crippen molar-refractivity contribution in [1.82, 2.24) is 4.90 Å². The van der Waals surface area contributed by atoms with E-state index in [1.54, 1.807) is 18.2 Å². The van der Waals surface area contributed by atoms with Gasteiger partial charge in [-0.25, -0.2) is 0 Å². The molecule has 1 heterocycles. The number of rotatable bonds is 6. The number of hydrogen-bond acceptors (Lipinski definition) is 3. The Morgan fingerprint density at radius 1 is 1.38 bits per heavy atom. The fourth-order valence-electron chi connectivity index (χ4n) is 4.67. The van der Waals surface area contributed by atoms with E-state index in [9.17, 15) is 10.0 Å². The van der Waals surface area contributed by atoms with Gasteiger partial charge in [0.1, 0.15) is 0 Å². The van der Waals surface area contributed by atoms with E-state index in [1.165, 1.54) is 19.0 Å². The fraction of sp³-hybridized carbons (Fsp3) is 0.684. The lowest BCUT2D eigenvalue weighted by Crippen LogP contribution is -2.65. The summed E-state index contributed by atoms with van der Waals surface area (Å²) in [6, 6.07) is 5.23.